The maximum atomic E-state index is 13.9. The molecule has 0 radical (unpaired) electrons. The van der Waals surface area contributed by atoms with Crippen LogP contribution in [0.25, 0.3) is 0 Å². The van der Waals surface area contributed by atoms with E-state index in [-0.39, 0.29) is 29.7 Å². The van der Waals surface area contributed by atoms with Gasteiger partial charge in [0, 0.05) is 35.1 Å². The lowest BCUT2D eigenvalue weighted by atomic mass is 9.52. The molecule has 0 bridgehead atoms. The minimum absolute atomic E-state index is 0.00688. The van der Waals surface area contributed by atoms with Crippen LogP contribution in [0, 0.1) is 23.7 Å². The van der Waals surface area contributed by atoms with Gasteiger partial charge in [-0.25, -0.2) is 0 Å². The molecule has 6 atom stereocenters. The number of rotatable bonds is 4. The Balaban J connectivity index is 1.62. The first-order valence-corrected chi connectivity index (χ1v) is 13.6. The zero-order valence-electron chi connectivity index (χ0n) is 22.7. The molecule has 2 unspecified atom stereocenters. The van der Waals surface area contributed by atoms with Crippen molar-refractivity contribution in [1.29, 1.82) is 0 Å². The number of hydrogen-bond acceptors (Lipinski definition) is 9. The van der Waals surface area contributed by atoms with E-state index in [2.05, 4.69) is 25.7 Å². The van der Waals surface area contributed by atoms with Crippen LogP contribution in [0.2, 0.25) is 5.02 Å². The molecule has 0 spiro atoms. The number of nitrogens with two attached hydrogens (primary N) is 1. The number of likely N-dealkylation sites (N-methyl/N-ethyl adjacent to an activating group) is 1. The largest absolute Gasteiger partial charge is 0.507 e. The van der Waals surface area contributed by atoms with Crippen LogP contribution in [0.1, 0.15) is 60.7 Å². The molecule has 2 saturated carbocycles. The van der Waals surface area contributed by atoms with E-state index in [4.69, 9.17) is 17.3 Å². The molecule has 210 valence electrons. The highest BCUT2D eigenvalue weighted by molar-refractivity contribution is 6.35. The van der Waals surface area contributed by atoms with Gasteiger partial charge in [0.2, 0.25) is 5.91 Å². The van der Waals surface area contributed by atoms with Crippen molar-refractivity contribution in [2.45, 2.75) is 70.3 Å². The molecule has 4 N–H and O–H groups in total. The summed E-state index contributed by atoms with van der Waals surface area (Å²) >= 11 is 6.89. The summed E-state index contributed by atoms with van der Waals surface area (Å²) in [6, 6.07) is -1.14. The molecule has 3 aliphatic carbocycles. The summed E-state index contributed by atoms with van der Waals surface area (Å²) in [6.45, 7) is 7.11. The second-order valence-electron chi connectivity index (χ2n) is 12.3. The fourth-order valence-electron chi connectivity index (χ4n) is 7.22. The summed E-state index contributed by atoms with van der Waals surface area (Å²) in [5, 5.41) is 23.4. The second-order valence-corrected chi connectivity index (χ2v) is 12.7. The molecule has 1 aliphatic heterocycles. The van der Waals surface area contributed by atoms with E-state index < -0.39 is 64.4 Å². The zero-order valence-corrected chi connectivity index (χ0v) is 23.5. The van der Waals surface area contributed by atoms with E-state index in [1.54, 1.807) is 14.1 Å². The molecule has 10 nitrogen and oxygen atoms in total. The van der Waals surface area contributed by atoms with Crippen molar-refractivity contribution in [3.63, 3.8) is 0 Å². The zero-order chi connectivity index (χ0) is 28.9. The smallest absolute Gasteiger partial charge is 0.235 e. The van der Waals surface area contributed by atoms with Gasteiger partial charge in [-0.2, -0.15) is 0 Å². The van der Waals surface area contributed by atoms with Crippen LogP contribution in [-0.4, -0.2) is 80.3 Å². The number of benzene rings is 1. The highest BCUT2D eigenvalue weighted by Gasteiger charge is 2.69. The number of hydrogen-bond donors (Lipinski definition) is 3. The molecule has 5 rings (SSSR count). The average molecular weight is 560 g/mol. The molecule has 0 saturated heterocycles. The molecular formula is C28H34ClN3O7. The molecule has 11 heteroatoms. The molecule has 1 aromatic rings. The van der Waals surface area contributed by atoms with Crippen LogP contribution < -0.4 is 5.73 Å². The number of phenolic OH excluding ortho intramolecular Hbond substituents is 1. The van der Waals surface area contributed by atoms with Gasteiger partial charge in [-0.3, -0.25) is 33.8 Å². The fourth-order valence-corrected chi connectivity index (χ4v) is 7.57. The minimum Gasteiger partial charge on any atom is -0.507 e. The number of aromatic hydroxyl groups is 1. The van der Waals surface area contributed by atoms with Crippen LogP contribution in [0.15, 0.2) is 0 Å². The Bertz CT molecular complexity index is 1360. The first-order chi connectivity index (χ1) is 18.1. The number of primary amides is 1. The Labute approximate surface area is 231 Å². The molecule has 2 fully saturated rings. The number of nitrogens with zero attached hydrogens (tertiary/aromatic N) is 2. The summed E-state index contributed by atoms with van der Waals surface area (Å²) in [6.07, 6.45) is 0.998. The van der Waals surface area contributed by atoms with Crippen LogP contribution in [0.3, 0.4) is 0 Å². The number of carbonyl (C=O) groups excluding carboxylic acids is 5. The van der Waals surface area contributed by atoms with Gasteiger partial charge in [-0.15, -0.1) is 0 Å². The van der Waals surface area contributed by atoms with E-state index in [0.717, 1.165) is 12.0 Å². The van der Waals surface area contributed by atoms with Crippen molar-refractivity contribution < 1.29 is 34.2 Å². The maximum Gasteiger partial charge on any atom is 0.235 e. The Kier molecular flexibility index (Phi) is 6.38. The molecule has 4 aliphatic rings. The number of phenols is 1. The predicted molar refractivity (Wildman–Crippen MR) is 140 cm³/mol. The van der Waals surface area contributed by atoms with Crippen molar-refractivity contribution >= 4 is 40.6 Å². The highest BCUT2D eigenvalue weighted by atomic mass is 35.5. The number of halogens is 1. The van der Waals surface area contributed by atoms with Gasteiger partial charge in [0.25, 0.3) is 0 Å². The highest BCUT2D eigenvalue weighted by Crippen LogP contribution is 2.53. The predicted octanol–water partition coefficient (Wildman–Crippen LogP) is 1.02. The van der Waals surface area contributed by atoms with Crippen molar-refractivity contribution in [3.8, 4) is 5.75 Å². The average Bonchev–Trinajstić information content (AvgIpc) is 3.31. The van der Waals surface area contributed by atoms with Gasteiger partial charge in [0.1, 0.15) is 5.75 Å². The van der Waals surface area contributed by atoms with Gasteiger partial charge in [-0.1, -0.05) is 18.5 Å². The Morgan fingerprint density at radius 1 is 1.13 bits per heavy atom. The van der Waals surface area contributed by atoms with Crippen molar-refractivity contribution in [2.75, 3.05) is 14.1 Å². The van der Waals surface area contributed by atoms with E-state index in [1.165, 1.54) is 4.90 Å². The van der Waals surface area contributed by atoms with E-state index >= 15 is 0 Å². The molecular weight excluding hydrogens is 526 g/mol. The maximum absolute atomic E-state index is 13.9. The molecule has 1 heterocycles. The van der Waals surface area contributed by atoms with Crippen LogP contribution in [-0.2, 0) is 38.7 Å². The van der Waals surface area contributed by atoms with Crippen LogP contribution in [0.4, 0.5) is 0 Å². The molecule has 0 aromatic heterocycles. The normalized spacial score (nSPS) is 32.7. The van der Waals surface area contributed by atoms with E-state index in [9.17, 15) is 34.2 Å². The third kappa shape index (κ3) is 3.61. The van der Waals surface area contributed by atoms with E-state index in [0.29, 0.717) is 29.2 Å². The minimum atomic E-state index is -2.74. The van der Waals surface area contributed by atoms with E-state index in [1.807, 2.05) is 0 Å². The quantitative estimate of drug-likeness (QED) is 0.458. The topological polar surface area (TPSA) is 158 Å². The number of carbonyl (C=O) groups is 5. The lowest BCUT2D eigenvalue weighted by molar-refractivity contribution is -0.181. The lowest BCUT2D eigenvalue weighted by Crippen LogP contribution is -2.74. The Morgan fingerprint density at radius 2 is 1.74 bits per heavy atom. The Hall–Kier alpha value is -2.66. The SMILES string of the molecule is CCC(C)(C)N1Cc2c(O)c3c(c(Cl)c2C1)C[C@H]1C[C@H]2[C@H](N(C)C)C(=O)C(C(N)=O)C(=O)[C@@]2(O)C(=O)C1C3=O. The summed E-state index contributed by atoms with van der Waals surface area (Å²) in [4.78, 5) is 70.2. The Morgan fingerprint density at radius 3 is 2.31 bits per heavy atom. The fraction of sp³-hybridized carbons (Fsp3) is 0.607. The van der Waals surface area contributed by atoms with Gasteiger partial charge in [-0.05, 0) is 64.3 Å². The number of aliphatic hydroxyl groups is 1. The summed E-state index contributed by atoms with van der Waals surface area (Å²) < 4.78 is 0. The lowest BCUT2D eigenvalue weighted by Gasteiger charge is -2.52. The number of amides is 1. The van der Waals surface area contributed by atoms with Gasteiger partial charge < -0.3 is 15.9 Å². The number of ketones is 4. The van der Waals surface area contributed by atoms with Crippen LogP contribution >= 0.6 is 11.6 Å². The molecule has 39 heavy (non-hydrogen) atoms. The van der Waals surface area contributed by atoms with Gasteiger partial charge in [0.15, 0.2) is 34.7 Å². The third-order valence-corrected chi connectivity index (χ3v) is 10.2. The second kappa shape index (κ2) is 8.92. The standard InChI is InChI=1S/C28H34ClN3O7/c1-6-27(2,3)32-9-13-14(10-32)21(33)17-12(19(13)29)7-11-8-15-20(31(4)5)23(35)18(26(30)38)25(37)28(15,39)24(36)16(11)22(17)34/h11,15-16,18,20,33,39H,6-10H2,1-5H3,(H2,30,38)/t11-,15-,16?,18?,20-,28-/m0/s1. The van der Waals surface area contributed by atoms with Gasteiger partial charge in [0.05, 0.1) is 17.5 Å². The first-order valence-electron chi connectivity index (χ1n) is 13.2. The summed E-state index contributed by atoms with van der Waals surface area (Å²) in [7, 11) is 3.10. The monoisotopic (exact) mass is 559 g/mol. The van der Waals surface area contributed by atoms with Crippen LogP contribution in [0.5, 0.6) is 5.75 Å². The number of Topliss-reactive ketones (excluding diaryl/α,β-unsaturated/α-hetero) is 4. The molecule has 1 amide bonds. The van der Waals surface area contributed by atoms with Crippen molar-refractivity contribution in [1.82, 2.24) is 9.80 Å². The summed E-state index contributed by atoms with van der Waals surface area (Å²) in [5.41, 5.74) is 4.10. The van der Waals surface area contributed by atoms with Crippen molar-refractivity contribution in [3.05, 3.63) is 27.3 Å². The number of fused-ring (bicyclic) bond motifs is 4. The third-order valence-electron chi connectivity index (χ3n) is 9.79. The first kappa shape index (κ1) is 27.9. The van der Waals surface area contributed by atoms with Crippen molar-refractivity contribution in [2.24, 2.45) is 29.4 Å². The summed E-state index contributed by atoms with van der Waals surface area (Å²) in [5.74, 6) is -10.6. The van der Waals surface area contributed by atoms with Gasteiger partial charge >= 0.3 is 0 Å². The molecule has 1 aromatic carbocycles.